The van der Waals surface area contributed by atoms with E-state index in [9.17, 15) is 10.2 Å². The molecule has 0 aliphatic heterocycles. The van der Waals surface area contributed by atoms with Gasteiger partial charge in [0.1, 0.15) is 0 Å². The van der Waals surface area contributed by atoms with E-state index in [4.69, 9.17) is 0 Å². The minimum atomic E-state index is -0.564. The molecule has 0 aromatic carbocycles. The van der Waals surface area contributed by atoms with E-state index in [0.29, 0.717) is 0 Å². The maximum absolute atomic E-state index is 10.9. The average Bonchev–Trinajstić information content (AvgIpc) is 2.57. The van der Waals surface area contributed by atoms with Gasteiger partial charge in [0.05, 0.1) is 17.4 Å². The summed E-state index contributed by atoms with van der Waals surface area (Å²) in [7, 11) is 0. The van der Waals surface area contributed by atoms with Gasteiger partial charge in [-0.05, 0) is 44.2 Å². The standard InChI is InChI=1S/C20H35NO2/c1-4-7-14-20(23,15-8-5-2)16-13-17-11-9-12-18(21-17)19(22)10-6-3/h9,11-12,19,22-23H,4-8,10,13-16H2,1-3H3/t19-/m1/s1. The van der Waals surface area contributed by atoms with E-state index in [1.54, 1.807) is 0 Å². The third kappa shape index (κ3) is 7.45. The molecule has 0 unspecified atom stereocenters. The van der Waals surface area contributed by atoms with Crippen molar-refractivity contribution in [1.82, 2.24) is 4.98 Å². The van der Waals surface area contributed by atoms with Crippen LogP contribution in [0.3, 0.4) is 0 Å². The third-order valence-electron chi connectivity index (χ3n) is 4.57. The van der Waals surface area contributed by atoms with Gasteiger partial charge < -0.3 is 10.2 Å². The van der Waals surface area contributed by atoms with Gasteiger partial charge in [0.2, 0.25) is 0 Å². The number of rotatable bonds is 12. The maximum Gasteiger partial charge on any atom is 0.0959 e. The van der Waals surface area contributed by atoms with E-state index in [1.165, 1.54) is 0 Å². The van der Waals surface area contributed by atoms with Gasteiger partial charge in [-0.1, -0.05) is 58.9 Å². The van der Waals surface area contributed by atoms with E-state index < -0.39 is 11.7 Å². The normalized spacial score (nSPS) is 13.3. The van der Waals surface area contributed by atoms with E-state index in [2.05, 4.69) is 25.8 Å². The van der Waals surface area contributed by atoms with Gasteiger partial charge in [0, 0.05) is 5.69 Å². The number of aliphatic hydroxyl groups is 2. The van der Waals surface area contributed by atoms with Crippen LogP contribution < -0.4 is 0 Å². The van der Waals surface area contributed by atoms with E-state index in [-0.39, 0.29) is 0 Å². The van der Waals surface area contributed by atoms with Crippen molar-refractivity contribution in [3.8, 4) is 0 Å². The zero-order valence-corrected chi connectivity index (χ0v) is 15.2. The summed E-state index contributed by atoms with van der Waals surface area (Å²) in [5.74, 6) is 0. The zero-order chi connectivity index (χ0) is 17.1. The Kier molecular flexibility index (Phi) is 9.42. The van der Waals surface area contributed by atoms with Crippen LogP contribution in [0.1, 0.15) is 96.1 Å². The number of hydrogen-bond acceptors (Lipinski definition) is 3. The number of nitrogens with zero attached hydrogens (tertiary/aromatic N) is 1. The Hall–Kier alpha value is -0.930. The van der Waals surface area contributed by atoms with Gasteiger partial charge in [-0.25, -0.2) is 0 Å². The van der Waals surface area contributed by atoms with Gasteiger partial charge in [0.15, 0.2) is 0 Å². The molecule has 3 nitrogen and oxygen atoms in total. The van der Waals surface area contributed by atoms with Crippen LogP contribution in [-0.2, 0) is 6.42 Å². The molecule has 1 heterocycles. The lowest BCUT2D eigenvalue weighted by Gasteiger charge is -2.28. The van der Waals surface area contributed by atoms with Crippen molar-refractivity contribution in [2.24, 2.45) is 0 Å². The molecular formula is C20H35NO2. The predicted octanol–water partition coefficient (Wildman–Crippen LogP) is 4.96. The fourth-order valence-corrected chi connectivity index (χ4v) is 2.99. The van der Waals surface area contributed by atoms with Crippen molar-refractivity contribution >= 4 is 0 Å². The first-order valence-electron chi connectivity index (χ1n) is 9.41. The van der Waals surface area contributed by atoms with E-state index in [0.717, 1.165) is 75.6 Å². The second-order valence-corrected chi connectivity index (χ2v) is 6.79. The molecule has 1 aromatic heterocycles. The minimum absolute atomic E-state index is 0.473. The fraction of sp³-hybridized carbons (Fsp3) is 0.750. The van der Waals surface area contributed by atoms with Crippen molar-refractivity contribution < 1.29 is 10.2 Å². The Bertz CT molecular complexity index is 425. The van der Waals surface area contributed by atoms with Crippen LogP contribution in [-0.4, -0.2) is 20.8 Å². The van der Waals surface area contributed by atoms with Crippen LogP contribution in [0.4, 0.5) is 0 Å². The Morgan fingerprint density at radius 1 is 1.00 bits per heavy atom. The molecule has 0 fully saturated rings. The molecule has 0 saturated carbocycles. The molecule has 1 aromatic rings. The zero-order valence-electron chi connectivity index (χ0n) is 15.2. The molecule has 132 valence electrons. The highest BCUT2D eigenvalue weighted by molar-refractivity contribution is 5.13. The molecule has 0 bridgehead atoms. The lowest BCUT2D eigenvalue weighted by atomic mass is 9.86. The predicted molar refractivity (Wildman–Crippen MR) is 96.4 cm³/mol. The Labute approximate surface area is 142 Å². The summed E-state index contributed by atoms with van der Waals surface area (Å²) in [5.41, 5.74) is 1.17. The van der Waals surface area contributed by atoms with Crippen LogP contribution in [0.5, 0.6) is 0 Å². The first kappa shape index (κ1) is 20.1. The lowest BCUT2D eigenvalue weighted by molar-refractivity contribution is 0.0103. The molecule has 0 aliphatic rings. The lowest BCUT2D eigenvalue weighted by Crippen LogP contribution is -2.29. The summed E-state index contributed by atoms with van der Waals surface area (Å²) < 4.78 is 0. The number of pyridine rings is 1. The van der Waals surface area contributed by atoms with Gasteiger partial charge in [-0.2, -0.15) is 0 Å². The second kappa shape index (κ2) is 10.8. The van der Waals surface area contributed by atoms with Gasteiger partial charge in [-0.15, -0.1) is 0 Å². The number of aromatic nitrogens is 1. The first-order valence-corrected chi connectivity index (χ1v) is 9.41. The summed E-state index contributed by atoms with van der Waals surface area (Å²) in [5, 5.41) is 21.0. The molecule has 0 aliphatic carbocycles. The van der Waals surface area contributed by atoms with Crippen LogP contribution in [0.2, 0.25) is 0 Å². The summed E-state index contributed by atoms with van der Waals surface area (Å²) in [6, 6.07) is 5.86. The van der Waals surface area contributed by atoms with Crippen molar-refractivity contribution in [1.29, 1.82) is 0 Å². The monoisotopic (exact) mass is 321 g/mol. The Morgan fingerprint density at radius 2 is 1.65 bits per heavy atom. The van der Waals surface area contributed by atoms with E-state index >= 15 is 0 Å². The molecule has 3 heteroatoms. The highest BCUT2D eigenvalue weighted by atomic mass is 16.3. The fourth-order valence-electron chi connectivity index (χ4n) is 2.99. The molecule has 1 rings (SSSR count). The molecule has 2 N–H and O–H groups in total. The Balaban J connectivity index is 2.67. The SMILES string of the molecule is CCCCC(O)(CCCC)CCc1cccc([C@H](O)CCC)n1. The van der Waals surface area contributed by atoms with Crippen LogP contribution >= 0.6 is 0 Å². The van der Waals surface area contributed by atoms with Crippen molar-refractivity contribution in [2.75, 3.05) is 0 Å². The van der Waals surface area contributed by atoms with Crippen LogP contribution in [0, 0.1) is 0 Å². The average molecular weight is 322 g/mol. The summed E-state index contributed by atoms with van der Waals surface area (Å²) in [6.07, 6.45) is 8.88. The molecule has 0 spiro atoms. The minimum Gasteiger partial charge on any atom is -0.390 e. The maximum atomic E-state index is 10.9. The third-order valence-corrected chi connectivity index (χ3v) is 4.57. The van der Waals surface area contributed by atoms with Crippen molar-refractivity contribution in [3.05, 3.63) is 29.6 Å². The molecule has 0 amide bonds. The number of hydrogen-bond donors (Lipinski definition) is 2. The quantitative estimate of drug-likeness (QED) is 0.572. The van der Waals surface area contributed by atoms with Crippen LogP contribution in [0.15, 0.2) is 18.2 Å². The molecule has 0 saturated heterocycles. The van der Waals surface area contributed by atoms with Gasteiger partial charge in [-0.3, -0.25) is 4.98 Å². The summed E-state index contributed by atoms with van der Waals surface area (Å²) >= 11 is 0. The highest BCUT2D eigenvalue weighted by Crippen LogP contribution is 2.27. The van der Waals surface area contributed by atoms with Gasteiger partial charge >= 0.3 is 0 Å². The second-order valence-electron chi connectivity index (χ2n) is 6.79. The number of aryl methyl sites for hydroxylation is 1. The smallest absolute Gasteiger partial charge is 0.0959 e. The van der Waals surface area contributed by atoms with Crippen molar-refractivity contribution in [3.63, 3.8) is 0 Å². The molecular weight excluding hydrogens is 286 g/mol. The van der Waals surface area contributed by atoms with Crippen LogP contribution in [0.25, 0.3) is 0 Å². The summed E-state index contributed by atoms with van der Waals surface area (Å²) in [4.78, 5) is 4.59. The highest BCUT2D eigenvalue weighted by Gasteiger charge is 2.25. The van der Waals surface area contributed by atoms with Crippen molar-refractivity contribution in [2.45, 2.75) is 96.7 Å². The topological polar surface area (TPSA) is 53.4 Å². The number of aliphatic hydroxyl groups excluding tert-OH is 1. The molecule has 0 radical (unpaired) electrons. The number of unbranched alkanes of at least 4 members (excludes halogenated alkanes) is 2. The molecule has 23 heavy (non-hydrogen) atoms. The van der Waals surface area contributed by atoms with E-state index in [1.807, 2.05) is 18.2 Å². The Morgan fingerprint density at radius 3 is 2.22 bits per heavy atom. The summed E-state index contributed by atoms with van der Waals surface area (Å²) in [6.45, 7) is 6.40. The first-order chi connectivity index (χ1) is 11.0. The van der Waals surface area contributed by atoms with Gasteiger partial charge in [0.25, 0.3) is 0 Å². The molecule has 1 atom stereocenters. The largest absolute Gasteiger partial charge is 0.390 e.